The topological polar surface area (TPSA) is 132 Å². The number of aromatic nitrogens is 3. The first-order chi connectivity index (χ1) is 15.6. The second-order valence-corrected chi connectivity index (χ2v) is 7.70. The summed E-state index contributed by atoms with van der Waals surface area (Å²) < 4.78 is 37.7. The summed E-state index contributed by atoms with van der Waals surface area (Å²) in [5.41, 5.74) is 2.52. The molecule has 0 aromatic carbocycles. The highest BCUT2D eigenvalue weighted by Gasteiger charge is 2.31. The second kappa shape index (κ2) is 9.96. The van der Waals surface area contributed by atoms with E-state index in [9.17, 15) is 22.8 Å². The molecule has 3 heterocycles. The van der Waals surface area contributed by atoms with E-state index < -0.39 is 37.2 Å². The third kappa shape index (κ3) is 6.26. The van der Waals surface area contributed by atoms with Crippen molar-refractivity contribution in [2.24, 2.45) is 5.92 Å². The molecule has 0 radical (unpaired) electrons. The smallest absolute Gasteiger partial charge is 0.387 e. The Balaban J connectivity index is 1.83. The monoisotopic (exact) mass is 464 g/mol. The SMILES string of the molecule is CC(C)[C@H](NCC(F)(F)F)C(=O)Nc1cncc(-c2c[nH]c3ncc(NC(=O)CO)cc23)c1. The van der Waals surface area contributed by atoms with Crippen LogP contribution in [0, 0.1) is 5.92 Å². The number of rotatable bonds is 8. The van der Waals surface area contributed by atoms with E-state index in [-0.39, 0.29) is 5.92 Å². The Morgan fingerprint density at radius 3 is 2.52 bits per heavy atom. The Labute approximate surface area is 186 Å². The number of hydrogen-bond donors (Lipinski definition) is 5. The Morgan fingerprint density at radius 2 is 1.85 bits per heavy atom. The molecular weight excluding hydrogens is 441 g/mol. The average Bonchev–Trinajstić information content (AvgIpc) is 3.16. The van der Waals surface area contributed by atoms with Gasteiger partial charge in [0.05, 0.1) is 36.4 Å². The molecule has 0 saturated heterocycles. The van der Waals surface area contributed by atoms with E-state index in [0.717, 1.165) is 0 Å². The van der Waals surface area contributed by atoms with Gasteiger partial charge in [-0.3, -0.25) is 19.9 Å². The molecule has 2 amide bonds. The molecule has 0 aliphatic rings. The number of amides is 2. The van der Waals surface area contributed by atoms with Crippen LogP contribution >= 0.6 is 0 Å². The fourth-order valence-corrected chi connectivity index (χ4v) is 3.24. The normalized spacial score (nSPS) is 12.7. The van der Waals surface area contributed by atoms with Crippen LogP contribution in [0.1, 0.15) is 13.8 Å². The van der Waals surface area contributed by atoms with Crippen molar-refractivity contribution >= 4 is 34.2 Å². The Kier molecular flexibility index (Phi) is 7.29. The Hall–Kier alpha value is -3.51. The summed E-state index contributed by atoms with van der Waals surface area (Å²) >= 11 is 0. The number of H-pyrrole nitrogens is 1. The van der Waals surface area contributed by atoms with Crippen LogP contribution in [0.5, 0.6) is 0 Å². The first-order valence-corrected chi connectivity index (χ1v) is 10.0. The van der Waals surface area contributed by atoms with Crippen LogP contribution in [0.2, 0.25) is 0 Å². The predicted octanol–water partition coefficient (Wildman–Crippen LogP) is 2.67. The maximum absolute atomic E-state index is 12.6. The van der Waals surface area contributed by atoms with Crippen molar-refractivity contribution in [3.63, 3.8) is 0 Å². The summed E-state index contributed by atoms with van der Waals surface area (Å²) in [5, 5.41) is 16.9. The molecular formula is C21H23F3N6O3. The van der Waals surface area contributed by atoms with Gasteiger partial charge in [0, 0.05) is 28.9 Å². The summed E-state index contributed by atoms with van der Waals surface area (Å²) in [6, 6.07) is 2.25. The highest BCUT2D eigenvalue weighted by molar-refractivity contribution is 5.99. The van der Waals surface area contributed by atoms with Crippen molar-refractivity contribution in [3.8, 4) is 11.1 Å². The highest BCUT2D eigenvalue weighted by Crippen LogP contribution is 2.30. The number of aliphatic hydroxyl groups excluding tert-OH is 1. The zero-order valence-corrected chi connectivity index (χ0v) is 17.8. The molecule has 0 bridgehead atoms. The highest BCUT2D eigenvalue weighted by atomic mass is 19.4. The van der Waals surface area contributed by atoms with Crippen LogP contribution in [0.15, 0.2) is 36.9 Å². The van der Waals surface area contributed by atoms with Crippen LogP contribution < -0.4 is 16.0 Å². The first-order valence-electron chi connectivity index (χ1n) is 10.0. The number of aliphatic hydroxyl groups is 1. The molecule has 12 heteroatoms. The first kappa shape index (κ1) is 24.1. The average molecular weight is 464 g/mol. The molecule has 0 unspecified atom stereocenters. The number of halogens is 3. The van der Waals surface area contributed by atoms with Crippen LogP contribution in [-0.2, 0) is 9.59 Å². The van der Waals surface area contributed by atoms with Crippen molar-refractivity contribution < 1.29 is 27.9 Å². The maximum atomic E-state index is 12.6. The number of fused-ring (bicyclic) bond motifs is 1. The standard InChI is InChI=1S/C21H23F3N6O3/c1-11(2)18(28-10-21(22,23)24)20(33)30-13-3-12(5-25-6-13)16-8-27-19-15(16)4-14(7-26-19)29-17(32)9-31/h3-8,11,18,28,31H,9-10H2,1-2H3,(H,26,27)(H,29,32)(H,30,33)/t18-/m0/s1. The van der Waals surface area contributed by atoms with E-state index in [1.165, 1.54) is 12.4 Å². The second-order valence-electron chi connectivity index (χ2n) is 7.70. The van der Waals surface area contributed by atoms with Crippen LogP contribution in [0.3, 0.4) is 0 Å². The van der Waals surface area contributed by atoms with E-state index in [1.807, 2.05) is 0 Å². The Bertz CT molecular complexity index is 1150. The maximum Gasteiger partial charge on any atom is 0.401 e. The summed E-state index contributed by atoms with van der Waals surface area (Å²) in [5.74, 6) is -1.57. The van der Waals surface area contributed by atoms with Crippen molar-refractivity contribution in [1.29, 1.82) is 0 Å². The number of nitrogens with one attached hydrogen (secondary N) is 4. The minimum Gasteiger partial charge on any atom is -0.387 e. The molecule has 9 nitrogen and oxygen atoms in total. The number of alkyl halides is 3. The van der Waals surface area contributed by atoms with Gasteiger partial charge >= 0.3 is 6.18 Å². The number of anilines is 2. The van der Waals surface area contributed by atoms with Gasteiger partial charge < -0.3 is 20.7 Å². The van der Waals surface area contributed by atoms with Gasteiger partial charge in [-0.2, -0.15) is 13.2 Å². The third-order valence-electron chi connectivity index (χ3n) is 4.75. The van der Waals surface area contributed by atoms with Crippen LogP contribution in [-0.4, -0.2) is 57.2 Å². The van der Waals surface area contributed by atoms with E-state index in [0.29, 0.717) is 33.5 Å². The number of pyridine rings is 2. The summed E-state index contributed by atoms with van der Waals surface area (Å²) in [6.07, 6.45) is 1.63. The van der Waals surface area contributed by atoms with Gasteiger partial charge in [0.15, 0.2) is 0 Å². The summed E-state index contributed by atoms with van der Waals surface area (Å²) in [6.45, 7) is 1.35. The molecule has 33 heavy (non-hydrogen) atoms. The minimum absolute atomic E-state index is 0.309. The van der Waals surface area contributed by atoms with Gasteiger partial charge in [0.2, 0.25) is 11.8 Å². The lowest BCUT2D eigenvalue weighted by Crippen LogP contribution is -2.47. The number of hydrogen-bond acceptors (Lipinski definition) is 6. The summed E-state index contributed by atoms with van der Waals surface area (Å²) in [4.78, 5) is 35.4. The van der Waals surface area contributed by atoms with Crippen LogP contribution in [0.4, 0.5) is 24.5 Å². The van der Waals surface area contributed by atoms with Gasteiger partial charge in [-0.1, -0.05) is 13.8 Å². The van der Waals surface area contributed by atoms with Gasteiger partial charge in [-0.05, 0) is 18.1 Å². The lowest BCUT2D eigenvalue weighted by Gasteiger charge is -2.22. The number of carbonyl (C=O) groups is 2. The summed E-state index contributed by atoms with van der Waals surface area (Å²) in [7, 11) is 0. The molecule has 176 valence electrons. The molecule has 1 atom stereocenters. The molecule has 3 aromatic rings. The lowest BCUT2D eigenvalue weighted by molar-refractivity contribution is -0.131. The van der Waals surface area contributed by atoms with E-state index in [4.69, 9.17) is 5.11 Å². The fourth-order valence-electron chi connectivity index (χ4n) is 3.24. The van der Waals surface area contributed by atoms with Gasteiger partial charge in [-0.15, -0.1) is 0 Å². The molecule has 3 aromatic heterocycles. The van der Waals surface area contributed by atoms with E-state index in [1.54, 1.807) is 38.4 Å². The molecule has 3 rings (SSSR count). The van der Waals surface area contributed by atoms with Crippen molar-refractivity contribution in [3.05, 3.63) is 36.9 Å². The molecule has 0 saturated carbocycles. The molecule has 0 spiro atoms. The van der Waals surface area contributed by atoms with Gasteiger partial charge in [0.1, 0.15) is 12.3 Å². The third-order valence-corrected chi connectivity index (χ3v) is 4.75. The van der Waals surface area contributed by atoms with Crippen molar-refractivity contribution in [1.82, 2.24) is 20.3 Å². The molecule has 5 N–H and O–H groups in total. The zero-order valence-electron chi connectivity index (χ0n) is 17.8. The van der Waals surface area contributed by atoms with Crippen molar-refractivity contribution in [2.45, 2.75) is 26.1 Å². The largest absolute Gasteiger partial charge is 0.401 e. The van der Waals surface area contributed by atoms with Gasteiger partial charge in [0.25, 0.3) is 0 Å². The van der Waals surface area contributed by atoms with Crippen molar-refractivity contribution in [2.75, 3.05) is 23.8 Å². The quantitative estimate of drug-likeness (QED) is 0.348. The number of carbonyl (C=O) groups excluding carboxylic acids is 2. The van der Waals surface area contributed by atoms with E-state index >= 15 is 0 Å². The van der Waals surface area contributed by atoms with Gasteiger partial charge in [-0.25, -0.2) is 4.98 Å². The number of aromatic amines is 1. The molecule has 0 fully saturated rings. The lowest BCUT2D eigenvalue weighted by atomic mass is 10.0. The predicted molar refractivity (Wildman–Crippen MR) is 116 cm³/mol. The number of nitrogens with zero attached hydrogens (tertiary/aromatic N) is 2. The minimum atomic E-state index is -4.44. The zero-order chi connectivity index (χ0) is 24.2. The van der Waals surface area contributed by atoms with Crippen LogP contribution in [0.25, 0.3) is 22.2 Å². The molecule has 0 aliphatic carbocycles. The fraction of sp³-hybridized carbons (Fsp3) is 0.333. The molecule has 0 aliphatic heterocycles. The Morgan fingerprint density at radius 1 is 1.12 bits per heavy atom. The van der Waals surface area contributed by atoms with E-state index in [2.05, 4.69) is 30.9 Å².